The van der Waals surface area contributed by atoms with Crippen LogP contribution in [0, 0.1) is 22.2 Å². The van der Waals surface area contributed by atoms with Crippen molar-refractivity contribution >= 4 is 11.7 Å². The number of amides is 1. The summed E-state index contributed by atoms with van der Waals surface area (Å²) in [5.41, 5.74) is -2.98. The van der Waals surface area contributed by atoms with Crippen LogP contribution < -0.4 is 0 Å². The second-order valence-corrected chi connectivity index (χ2v) is 7.80. The fraction of sp³-hybridized carbons (Fsp3) is 0.474. The lowest BCUT2D eigenvalue weighted by Crippen LogP contribution is -2.41. The monoisotopic (exact) mass is 377 g/mol. The number of hydrogen-bond acceptors (Lipinski definition) is 4. The van der Waals surface area contributed by atoms with Gasteiger partial charge in [0.15, 0.2) is 11.5 Å². The molecule has 0 aromatic carbocycles. The molecule has 27 heavy (non-hydrogen) atoms. The first-order valence-electron chi connectivity index (χ1n) is 8.48. The van der Waals surface area contributed by atoms with Crippen molar-refractivity contribution in [3.8, 4) is 6.07 Å². The number of aromatic nitrogens is 1. The maximum atomic E-state index is 13.2. The standard InChI is InChI=1S/C19H18F3N3O2/c1-17(2)10-18(8-12(9-23)15(17)26)5-7-25(11-18)16(27)13-4-3-6-24-14(13)19(20,21)22/h3-4,6,8H,5,7,10-11H2,1-2H3/t18-/m1/s1. The predicted molar refractivity (Wildman–Crippen MR) is 89.3 cm³/mol. The summed E-state index contributed by atoms with van der Waals surface area (Å²) in [6.45, 7) is 3.91. The number of rotatable bonds is 1. The molecule has 1 saturated heterocycles. The highest BCUT2D eigenvalue weighted by atomic mass is 19.4. The summed E-state index contributed by atoms with van der Waals surface area (Å²) >= 11 is 0. The molecule has 0 N–H and O–H groups in total. The van der Waals surface area contributed by atoms with E-state index in [9.17, 15) is 28.0 Å². The van der Waals surface area contributed by atoms with Crippen LogP contribution >= 0.6 is 0 Å². The van der Waals surface area contributed by atoms with Crippen LogP contribution in [0.5, 0.6) is 0 Å². The number of alkyl halides is 3. The van der Waals surface area contributed by atoms with Gasteiger partial charge >= 0.3 is 6.18 Å². The third kappa shape index (κ3) is 3.34. The molecule has 5 nitrogen and oxygen atoms in total. The number of carbonyl (C=O) groups is 2. The zero-order chi connectivity index (χ0) is 20.0. The molecule has 1 spiro atoms. The largest absolute Gasteiger partial charge is 0.434 e. The van der Waals surface area contributed by atoms with E-state index in [0.717, 1.165) is 12.3 Å². The summed E-state index contributed by atoms with van der Waals surface area (Å²) in [5.74, 6) is -0.985. The van der Waals surface area contributed by atoms with E-state index < -0.39 is 34.2 Å². The first-order valence-corrected chi connectivity index (χ1v) is 8.48. The summed E-state index contributed by atoms with van der Waals surface area (Å²) < 4.78 is 39.5. The number of halogens is 3. The van der Waals surface area contributed by atoms with Crippen LogP contribution in [0.3, 0.4) is 0 Å². The van der Waals surface area contributed by atoms with Gasteiger partial charge in [-0.2, -0.15) is 18.4 Å². The van der Waals surface area contributed by atoms with Gasteiger partial charge in [-0.05, 0) is 25.0 Å². The summed E-state index contributed by atoms with van der Waals surface area (Å²) in [6, 6.07) is 4.33. The molecule has 0 unspecified atom stereocenters. The zero-order valence-corrected chi connectivity index (χ0v) is 14.9. The predicted octanol–water partition coefficient (Wildman–Crippen LogP) is 3.38. The highest BCUT2D eigenvalue weighted by molar-refractivity contribution is 6.04. The van der Waals surface area contributed by atoms with Crippen LogP contribution in [0.2, 0.25) is 0 Å². The summed E-state index contributed by atoms with van der Waals surface area (Å²) in [5, 5.41) is 9.26. The highest BCUT2D eigenvalue weighted by Crippen LogP contribution is 2.48. The second kappa shape index (κ2) is 6.19. The van der Waals surface area contributed by atoms with E-state index in [1.54, 1.807) is 19.9 Å². The van der Waals surface area contributed by atoms with Gasteiger partial charge in [-0.1, -0.05) is 19.9 Å². The molecule has 3 rings (SSSR count). The topological polar surface area (TPSA) is 74.1 Å². The summed E-state index contributed by atoms with van der Waals surface area (Å²) in [4.78, 5) is 29.7. The Morgan fingerprint density at radius 1 is 1.37 bits per heavy atom. The minimum Gasteiger partial charge on any atom is -0.338 e. The Morgan fingerprint density at radius 2 is 2.07 bits per heavy atom. The molecule has 0 bridgehead atoms. The Bertz CT molecular complexity index is 883. The Labute approximate surface area is 154 Å². The fourth-order valence-corrected chi connectivity index (χ4v) is 4.14. The SMILES string of the molecule is CC1(C)C[C@]2(C=C(C#N)C1=O)CCN(C(=O)c1cccnc1C(F)(F)F)C2. The molecule has 1 fully saturated rings. The van der Waals surface area contributed by atoms with Gasteiger partial charge in [-0.25, -0.2) is 0 Å². The van der Waals surface area contributed by atoms with Crippen molar-refractivity contribution in [2.75, 3.05) is 13.1 Å². The Morgan fingerprint density at radius 3 is 2.70 bits per heavy atom. The number of hydrogen-bond donors (Lipinski definition) is 0. The Hall–Kier alpha value is -2.69. The van der Waals surface area contributed by atoms with E-state index in [4.69, 9.17) is 0 Å². The number of allylic oxidation sites excluding steroid dienone is 1. The van der Waals surface area contributed by atoms with Crippen LogP contribution in [0.25, 0.3) is 0 Å². The molecule has 0 saturated carbocycles. The average Bonchev–Trinajstić information content (AvgIpc) is 2.99. The maximum Gasteiger partial charge on any atom is 0.434 e. The van der Waals surface area contributed by atoms with Crippen LogP contribution in [0.15, 0.2) is 30.0 Å². The Kier molecular flexibility index (Phi) is 4.37. The number of nitriles is 1. The normalized spacial score (nSPS) is 24.7. The van der Waals surface area contributed by atoms with Gasteiger partial charge < -0.3 is 4.90 Å². The molecule has 1 aromatic rings. The van der Waals surface area contributed by atoms with Gasteiger partial charge in [-0.3, -0.25) is 14.6 Å². The first-order chi connectivity index (χ1) is 12.5. The van der Waals surface area contributed by atoms with E-state index in [0.29, 0.717) is 12.8 Å². The van der Waals surface area contributed by atoms with Crippen LogP contribution in [-0.2, 0) is 11.0 Å². The third-order valence-electron chi connectivity index (χ3n) is 5.20. The van der Waals surface area contributed by atoms with Gasteiger partial charge in [0.2, 0.25) is 0 Å². The van der Waals surface area contributed by atoms with Crippen LogP contribution in [-0.4, -0.2) is 34.7 Å². The second-order valence-electron chi connectivity index (χ2n) is 7.80. The van der Waals surface area contributed by atoms with Crippen molar-refractivity contribution in [2.45, 2.75) is 32.9 Å². The quantitative estimate of drug-likeness (QED) is 0.752. The van der Waals surface area contributed by atoms with Crippen LogP contribution in [0.1, 0.15) is 42.7 Å². The van der Waals surface area contributed by atoms with Gasteiger partial charge in [-0.15, -0.1) is 0 Å². The molecule has 1 amide bonds. The molecular weight excluding hydrogens is 359 g/mol. The lowest BCUT2D eigenvalue weighted by molar-refractivity contribution is -0.141. The van der Waals surface area contributed by atoms with Crippen molar-refractivity contribution in [1.29, 1.82) is 5.26 Å². The summed E-state index contributed by atoms with van der Waals surface area (Å²) in [6.07, 6.45) is -1.20. The van der Waals surface area contributed by atoms with Crippen molar-refractivity contribution < 1.29 is 22.8 Å². The molecule has 2 heterocycles. The smallest absolute Gasteiger partial charge is 0.338 e. The maximum absolute atomic E-state index is 13.2. The molecule has 1 aromatic heterocycles. The van der Waals surface area contributed by atoms with Gasteiger partial charge in [0, 0.05) is 30.1 Å². The van der Waals surface area contributed by atoms with E-state index >= 15 is 0 Å². The number of Topliss-reactive ketones (excluding diaryl/α,β-unsaturated/α-hetero) is 1. The number of nitrogens with zero attached hydrogens (tertiary/aromatic N) is 3. The molecule has 1 aliphatic carbocycles. The van der Waals surface area contributed by atoms with E-state index in [1.807, 2.05) is 6.07 Å². The molecule has 142 valence electrons. The lowest BCUT2D eigenvalue weighted by Gasteiger charge is -2.38. The van der Waals surface area contributed by atoms with Gasteiger partial charge in [0.1, 0.15) is 6.07 Å². The van der Waals surface area contributed by atoms with E-state index in [1.165, 1.54) is 11.0 Å². The van der Waals surface area contributed by atoms with Crippen molar-refractivity contribution in [3.63, 3.8) is 0 Å². The Balaban J connectivity index is 1.92. The minimum atomic E-state index is -4.73. The van der Waals surface area contributed by atoms with Crippen molar-refractivity contribution in [2.24, 2.45) is 10.8 Å². The lowest BCUT2D eigenvalue weighted by atomic mass is 9.64. The number of likely N-dealkylation sites (tertiary alicyclic amines) is 1. The third-order valence-corrected chi connectivity index (χ3v) is 5.20. The zero-order valence-electron chi connectivity index (χ0n) is 14.9. The highest BCUT2D eigenvalue weighted by Gasteiger charge is 2.49. The molecule has 1 aliphatic heterocycles. The molecule has 0 radical (unpaired) electrons. The van der Waals surface area contributed by atoms with Gasteiger partial charge in [0.25, 0.3) is 5.91 Å². The molecular formula is C19H18F3N3O2. The first kappa shape index (κ1) is 19.1. The average molecular weight is 377 g/mol. The van der Waals surface area contributed by atoms with Crippen molar-refractivity contribution in [1.82, 2.24) is 9.88 Å². The number of pyridine rings is 1. The van der Waals surface area contributed by atoms with Crippen LogP contribution in [0.4, 0.5) is 13.2 Å². The van der Waals surface area contributed by atoms with Gasteiger partial charge in [0.05, 0.1) is 11.1 Å². The molecule has 8 heteroatoms. The molecule has 2 aliphatic rings. The van der Waals surface area contributed by atoms with E-state index in [2.05, 4.69) is 4.98 Å². The summed E-state index contributed by atoms with van der Waals surface area (Å²) in [7, 11) is 0. The fourth-order valence-electron chi connectivity index (χ4n) is 4.14. The van der Waals surface area contributed by atoms with E-state index in [-0.39, 0.29) is 24.4 Å². The molecule has 1 atom stereocenters. The van der Waals surface area contributed by atoms with Crippen molar-refractivity contribution in [3.05, 3.63) is 41.2 Å². The minimum absolute atomic E-state index is 0.0536. The number of ketones is 1. The number of carbonyl (C=O) groups excluding carboxylic acids is 2.